The summed E-state index contributed by atoms with van der Waals surface area (Å²) >= 11 is 0. The largest absolute Gasteiger partial charge is 0.384 e. The lowest BCUT2D eigenvalue weighted by molar-refractivity contribution is 0.486. The van der Waals surface area contributed by atoms with E-state index in [1.165, 1.54) is 25.7 Å². The van der Waals surface area contributed by atoms with Gasteiger partial charge in [-0.1, -0.05) is 37.6 Å². The molecule has 0 unspecified atom stereocenters. The Labute approximate surface area is 120 Å². The average molecular weight is 264 g/mol. The highest BCUT2D eigenvalue weighted by atomic mass is 14.9. The molecule has 2 nitrogen and oxygen atoms in total. The third kappa shape index (κ3) is 2.36. The molecule has 1 saturated carbocycles. The molecule has 2 heteroatoms. The molecule has 0 amide bonds. The van der Waals surface area contributed by atoms with Crippen molar-refractivity contribution < 1.29 is 0 Å². The smallest absolute Gasteiger partial charge is 0.0998 e. The van der Waals surface area contributed by atoms with Crippen LogP contribution in [0.1, 0.15) is 38.2 Å². The highest BCUT2D eigenvalue weighted by Crippen LogP contribution is 2.49. The van der Waals surface area contributed by atoms with Crippen LogP contribution in [-0.2, 0) is 0 Å². The van der Waals surface area contributed by atoms with Gasteiger partial charge in [-0.05, 0) is 36.8 Å². The number of hydrogen-bond acceptors (Lipinski definition) is 2. The van der Waals surface area contributed by atoms with Gasteiger partial charge in [0.2, 0.25) is 0 Å². The molecule has 3 rings (SSSR count). The molecular weight excluding hydrogens is 244 g/mol. The summed E-state index contributed by atoms with van der Waals surface area (Å²) < 4.78 is 0. The molecule has 0 spiro atoms. The van der Waals surface area contributed by atoms with Gasteiger partial charge < -0.3 is 5.32 Å². The zero-order chi connectivity index (χ0) is 14.0. The lowest BCUT2D eigenvalue weighted by Gasteiger charge is -2.17. The predicted molar refractivity (Wildman–Crippen MR) is 83.7 cm³/mol. The van der Waals surface area contributed by atoms with Crippen LogP contribution in [0.25, 0.3) is 10.8 Å². The second-order valence-corrected chi connectivity index (χ2v) is 5.92. The van der Waals surface area contributed by atoms with E-state index in [2.05, 4.69) is 24.4 Å². The number of nitrogens with one attached hydrogen (secondary N) is 1. The SMILES string of the molecule is CCCC1(CNc2ccc(C#N)c3ccccc23)CC1. The first-order valence-electron chi connectivity index (χ1n) is 7.44. The van der Waals surface area contributed by atoms with Crippen LogP contribution < -0.4 is 5.32 Å². The summed E-state index contributed by atoms with van der Waals surface area (Å²) in [6.07, 6.45) is 5.27. The van der Waals surface area contributed by atoms with Crippen molar-refractivity contribution in [3.05, 3.63) is 42.0 Å². The molecule has 2 aromatic rings. The minimum absolute atomic E-state index is 0.532. The van der Waals surface area contributed by atoms with Gasteiger partial charge >= 0.3 is 0 Å². The molecule has 0 radical (unpaired) electrons. The van der Waals surface area contributed by atoms with Gasteiger partial charge in [0, 0.05) is 23.0 Å². The number of fused-ring (bicyclic) bond motifs is 1. The Hall–Kier alpha value is -2.01. The fourth-order valence-corrected chi connectivity index (χ4v) is 3.06. The minimum Gasteiger partial charge on any atom is -0.384 e. The fraction of sp³-hybridized carbons (Fsp3) is 0.389. The Balaban J connectivity index is 1.87. The van der Waals surface area contributed by atoms with Gasteiger partial charge in [0.15, 0.2) is 0 Å². The van der Waals surface area contributed by atoms with Crippen molar-refractivity contribution in [2.24, 2.45) is 5.41 Å². The Morgan fingerprint density at radius 1 is 1.15 bits per heavy atom. The lowest BCUT2D eigenvalue weighted by Crippen LogP contribution is -2.15. The quantitative estimate of drug-likeness (QED) is 0.849. The Bertz CT molecular complexity index is 663. The monoisotopic (exact) mass is 264 g/mol. The van der Waals surface area contributed by atoms with Crippen molar-refractivity contribution in [3.8, 4) is 6.07 Å². The number of nitriles is 1. The third-order valence-electron chi connectivity index (χ3n) is 4.44. The molecule has 1 fully saturated rings. The molecule has 1 N–H and O–H groups in total. The van der Waals surface area contributed by atoms with Gasteiger partial charge in [-0.15, -0.1) is 0 Å². The van der Waals surface area contributed by atoms with E-state index in [-0.39, 0.29) is 0 Å². The first-order valence-corrected chi connectivity index (χ1v) is 7.44. The van der Waals surface area contributed by atoms with Crippen molar-refractivity contribution in [1.82, 2.24) is 0 Å². The fourth-order valence-electron chi connectivity index (χ4n) is 3.06. The molecule has 1 aliphatic carbocycles. The zero-order valence-corrected chi connectivity index (χ0v) is 11.9. The number of nitrogens with zero attached hydrogens (tertiary/aromatic N) is 1. The van der Waals surface area contributed by atoms with Gasteiger partial charge in [0.25, 0.3) is 0 Å². The summed E-state index contributed by atoms with van der Waals surface area (Å²) in [7, 11) is 0. The van der Waals surface area contributed by atoms with Crippen molar-refractivity contribution in [1.29, 1.82) is 5.26 Å². The summed E-state index contributed by atoms with van der Waals surface area (Å²) in [6, 6.07) is 14.4. The number of rotatable bonds is 5. The Morgan fingerprint density at radius 2 is 1.90 bits per heavy atom. The van der Waals surface area contributed by atoms with E-state index in [0.29, 0.717) is 5.41 Å². The van der Waals surface area contributed by atoms with Crippen LogP contribution in [0.5, 0.6) is 0 Å². The second kappa shape index (κ2) is 5.17. The van der Waals surface area contributed by atoms with Crippen LogP contribution in [0.2, 0.25) is 0 Å². The van der Waals surface area contributed by atoms with Crippen LogP contribution in [0, 0.1) is 16.7 Å². The highest BCUT2D eigenvalue weighted by Gasteiger charge is 2.41. The topological polar surface area (TPSA) is 35.8 Å². The van der Waals surface area contributed by atoms with Crippen molar-refractivity contribution in [2.45, 2.75) is 32.6 Å². The Morgan fingerprint density at radius 3 is 2.55 bits per heavy atom. The van der Waals surface area contributed by atoms with Crippen LogP contribution in [0.3, 0.4) is 0 Å². The zero-order valence-electron chi connectivity index (χ0n) is 11.9. The molecule has 0 aromatic heterocycles. The third-order valence-corrected chi connectivity index (χ3v) is 4.44. The van der Waals surface area contributed by atoms with Gasteiger partial charge in [0.05, 0.1) is 11.6 Å². The van der Waals surface area contributed by atoms with Gasteiger partial charge in [-0.25, -0.2) is 0 Å². The summed E-state index contributed by atoms with van der Waals surface area (Å²) in [5.74, 6) is 0. The van der Waals surface area contributed by atoms with E-state index in [9.17, 15) is 5.26 Å². The van der Waals surface area contributed by atoms with Crippen LogP contribution in [0.15, 0.2) is 36.4 Å². The van der Waals surface area contributed by atoms with E-state index in [4.69, 9.17) is 0 Å². The summed E-state index contributed by atoms with van der Waals surface area (Å²) in [6.45, 7) is 3.31. The van der Waals surface area contributed by atoms with E-state index < -0.39 is 0 Å². The molecular formula is C18H20N2. The maximum absolute atomic E-state index is 9.20. The normalized spacial score (nSPS) is 15.8. The second-order valence-electron chi connectivity index (χ2n) is 5.92. The predicted octanol–water partition coefficient (Wildman–Crippen LogP) is 4.70. The van der Waals surface area contributed by atoms with Gasteiger partial charge in [-0.2, -0.15) is 5.26 Å². The Kier molecular flexibility index (Phi) is 3.36. The molecule has 0 bridgehead atoms. The highest BCUT2D eigenvalue weighted by molar-refractivity contribution is 5.97. The first-order chi connectivity index (χ1) is 9.78. The number of benzene rings is 2. The van der Waals surface area contributed by atoms with E-state index >= 15 is 0 Å². The summed E-state index contributed by atoms with van der Waals surface area (Å²) in [5, 5.41) is 15.0. The van der Waals surface area contributed by atoms with Crippen molar-refractivity contribution in [3.63, 3.8) is 0 Å². The summed E-state index contributed by atoms with van der Waals surface area (Å²) in [4.78, 5) is 0. The van der Waals surface area contributed by atoms with E-state index in [0.717, 1.165) is 28.6 Å². The van der Waals surface area contributed by atoms with Gasteiger partial charge in [-0.3, -0.25) is 0 Å². The number of hydrogen-bond donors (Lipinski definition) is 1. The van der Waals surface area contributed by atoms with Crippen molar-refractivity contribution >= 4 is 16.5 Å². The van der Waals surface area contributed by atoms with Crippen LogP contribution in [-0.4, -0.2) is 6.54 Å². The maximum Gasteiger partial charge on any atom is 0.0998 e. The maximum atomic E-state index is 9.20. The first kappa shape index (κ1) is 13.0. The molecule has 1 aliphatic rings. The number of anilines is 1. The molecule has 0 heterocycles. The van der Waals surface area contributed by atoms with Gasteiger partial charge in [0.1, 0.15) is 0 Å². The standard InChI is InChI=1S/C18H20N2/c1-2-9-18(10-11-18)13-20-17-8-7-14(12-19)15-5-3-4-6-16(15)17/h3-8,20H,2,9-11,13H2,1H3. The molecule has 0 saturated heterocycles. The van der Waals surface area contributed by atoms with E-state index in [1.54, 1.807) is 0 Å². The summed E-state index contributed by atoms with van der Waals surface area (Å²) in [5.41, 5.74) is 2.44. The molecule has 20 heavy (non-hydrogen) atoms. The van der Waals surface area contributed by atoms with Crippen LogP contribution >= 0.6 is 0 Å². The minimum atomic E-state index is 0.532. The molecule has 0 atom stereocenters. The molecule has 0 aliphatic heterocycles. The lowest BCUT2D eigenvalue weighted by atomic mass is 9.99. The average Bonchev–Trinajstić information content (AvgIpc) is 3.25. The molecule has 2 aromatic carbocycles. The van der Waals surface area contributed by atoms with E-state index in [1.807, 2.05) is 30.3 Å². The van der Waals surface area contributed by atoms with Crippen molar-refractivity contribution in [2.75, 3.05) is 11.9 Å². The molecule has 102 valence electrons. The van der Waals surface area contributed by atoms with Crippen LogP contribution in [0.4, 0.5) is 5.69 Å².